The fraction of sp³-hybridized carbons (Fsp3) is 0.455. The van der Waals surface area contributed by atoms with Crippen LogP contribution in [0.4, 0.5) is 0 Å². The van der Waals surface area contributed by atoms with E-state index in [1.165, 1.54) is 0 Å². The van der Waals surface area contributed by atoms with Gasteiger partial charge in [0.1, 0.15) is 5.82 Å². The Hall–Kier alpha value is -1.98. The summed E-state index contributed by atoms with van der Waals surface area (Å²) in [5, 5.41) is 13.2. The van der Waals surface area contributed by atoms with Crippen LogP contribution < -0.4 is 0 Å². The summed E-state index contributed by atoms with van der Waals surface area (Å²) in [6, 6.07) is 1.56. The number of aromatic carboxylic acids is 1. The average Bonchev–Trinajstić information content (AvgIpc) is 2.57. The molecule has 2 rings (SSSR count). The van der Waals surface area contributed by atoms with E-state index in [1.54, 1.807) is 17.5 Å². The summed E-state index contributed by atoms with van der Waals surface area (Å²) >= 11 is 0. The van der Waals surface area contributed by atoms with Gasteiger partial charge in [-0.25, -0.2) is 14.3 Å². The molecule has 0 aromatic carbocycles. The molecule has 17 heavy (non-hydrogen) atoms. The number of carbonyl (C=O) groups is 1. The third-order valence-electron chi connectivity index (χ3n) is 2.33. The molecule has 0 radical (unpaired) electrons. The van der Waals surface area contributed by atoms with E-state index in [1.807, 2.05) is 0 Å². The minimum absolute atomic E-state index is 0.0144. The van der Waals surface area contributed by atoms with Gasteiger partial charge in [-0.2, -0.15) is 10.1 Å². The summed E-state index contributed by atoms with van der Waals surface area (Å²) in [6.07, 6.45) is 0.738. The maximum atomic E-state index is 11.0. The Morgan fingerprint density at radius 1 is 1.47 bits per heavy atom. The minimum atomic E-state index is -1.04. The lowest BCUT2D eigenvalue weighted by Gasteiger charge is -2.07. The third kappa shape index (κ3) is 2.25. The van der Waals surface area contributed by atoms with E-state index in [-0.39, 0.29) is 5.69 Å². The Labute approximate surface area is 98.3 Å². The molecule has 6 heteroatoms. The van der Waals surface area contributed by atoms with Gasteiger partial charge in [0.05, 0.1) is 0 Å². The van der Waals surface area contributed by atoms with Crippen LogP contribution in [0, 0.1) is 12.8 Å². The lowest BCUT2D eigenvalue weighted by Crippen LogP contribution is -2.09. The summed E-state index contributed by atoms with van der Waals surface area (Å²) in [6.45, 7) is 5.89. The molecule has 0 amide bonds. The molecule has 0 aliphatic heterocycles. The minimum Gasteiger partial charge on any atom is -0.477 e. The molecule has 2 aromatic rings. The van der Waals surface area contributed by atoms with E-state index >= 15 is 0 Å². The van der Waals surface area contributed by atoms with Crippen molar-refractivity contribution in [2.75, 3.05) is 0 Å². The lowest BCUT2D eigenvalue weighted by atomic mass is 10.1. The molecule has 0 saturated carbocycles. The topological polar surface area (TPSA) is 80.4 Å². The maximum Gasteiger partial charge on any atom is 0.354 e. The molecule has 0 unspecified atom stereocenters. The second kappa shape index (κ2) is 4.12. The van der Waals surface area contributed by atoms with Gasteiger partial charge >= 0.3 is 5.97 Å². The summed E-state index contributed by atoms with van der Waals surface area (Å²) in [5.74, 6) is 0.299. The van der Waals surface area contributed by atoms with Crippen molar-refractivity contribution in [3.8, 4) is 0 Å². The molecule has 6 nitrogen and oxygen atoms in total. The van der Waals surface area contributed by atoms with E-state index in [0.717, 1.165) is 12.1 Å². The second-order valence-electron chi connectivity index (χ2n) is 4.41. The van der Waals surface area contributed by atoms with Gasteiger partial charge in [0.25, 0.3) is 5.78 Å². The van der Waals surface area contributed by atoms with Crippen LogP contribution in [0.1, 0.15) is 35.9 Å². The van der Waals surface area contributed by atoms with E-state index in [0.29, 0.717) is 17.5 Å². The lowest BCUT2D eigenvalue weighted by molar-refractivity contribution is 0.0690. The van der Waals surface area contributed by atoms with Crippen LogP contribution in [0.2, 0.25) is 0 Å². The molecule has 0 atom stereocenters. The largest absolute Gasteiger partial charge is 0.477 e. The monoisotopic (exact) mass is 234 g/mol. The number of aryl methyl sites for hydroxylation is 1. The number of hydrogen-bond acceptors (Lipinski definition) is 4. The van der Waals surface area contributed by atoms with Crippen molar-refractivity contribution in [3.05, 3.63) is 23.3 Å². The zero-order valence-corrected chi connectivity index (χ0v) is 10.0. The molecule has 2 heterocycles. The highest BCUT2D eigenvalue weighted by atomic mass is 16.4. The van der Waals surface area contributed by atoms with Gasteiger partial charge in [-0.15, -0.1) is 0 Å². The van der Waals surface area contributed by atoms with Crippen LogP contribution in [0.3, 0.4) is 0 Å². The van der Waals surface area contributed by atoms with Crippen molar-refractivity contribution in [2.24, 2.45) is 5.92 Å². The Morgan fingerprint density at radius 2 is 2.18 bits per heavy atom. The Morgan fingerprint density at radius 3 is 2.76 bits per heavy atom. The van der Waals surface area contributed by atoms with Gasteiger partial charge < -0.3 is 5.11 Å². The number of fused-ring (bicyclic) bond motifs is 1. The van der Waals surface area contributed by atoms with E-state index in [4.69, 9.17) is 5.11 Å². The van der Waals surface area contributed by atoms with Gasteiger partial charge in [-0.3, -0.25) is 0 Å². The molecular weight excluding hydrogens is 220 g/mol. The van der Waals surface area contributed by atoms with E-state index in [9.17, 15) is 4.79 Å². The molecule has 0 aliphatic carbocycles. The number of nitrogens with zero attached hydrogens (tertiary/aromatic N) is 4. The number of hydrogen-bond donors (Lipinski definition) is 1. The van der Waals surface area contributed by atoms with Gasteiger partial charge in [0.2, 0.25) is 0 Å². The number of carboxylic acids is 1. The predicted octanol–water partition coefficient (Wildman–Crippen LogP) is 1.33. The Balaban J connectivity index is 2.64. The van der Waals surface area contributed by atoms with Gasteiger partial charge in [-0.05, 0) is 25.3 Å². The fourth-order valence-electron chi connectivity index (χ4n) is 1.70. The molecule has 0 spiro atoms. The number of rotatable bonds is 3. The van der Waals surface area contributed by atoms with Crippen LogP contribution in [0.5, 0.6) is 0 Å². The first-order valence-corrected chi connectivity index (χ1v) is 5.44. The average molecular weight is 234 g/mol. The molecular formula is C11H14N4O2. The Bertz CT molecular complexity index is 574. The van der Waals surface area contributed by atoms with Crippen molar-refractivity contribution < 1.29 is 9.90 Å². The van der Waals surface area contributed by atoms with Gasteiger partial charge in [0, 0.05) is 5.69 Å². The van der Waals surface area contributed by atoms with Gasteiger partial charge in [-0.1, -0.05) is 13.8 Å². The van der Waals surface area contributed by atoms with Crippen LogP contribution in [-0.2, 0) is 6.42 Å². The van der Waals surface area contributed by atoms with E-state index in [2.05, 4.69) is 28.9 Å². The third-order valence-corrected chi connectivity index (χ3v) is 2.33. The highest BCUT2D eigenvalue weighted by Crippen LogP contribution is 2.11. The van der Waals surface area contributed by atoms with Crippen molar-refractivity contribution in [1.82, 2.24) is 19.6 Å². The molecule has 1 N–H and O–H groups in total. The van der Waals surface area contributed by atoms with Crippen LogP contribution in [0.15, 0.2) is 6.07 Å². The van der Waals surface area contributed by atoms with Crippen molar-refractivity contribution in [1.29, 1.82) is 0 Å². The zero-order chi connectivity index (χ0) is 12.6. The number of aromatic nitrogens is 4. The van der Waals surface area contributed by atoms with Crippen LogP contribution in [-0.4, -0.2) is 30.7 Å². The summed E-state index contributed by atoms with van der Waals surface area (Å²) in [4.78, 5) is 19.0. The molecule has 2 aromatic heterocycles. The highest BCUT2D eigenvalue weighted by molar-refractivity contribution is 5.85. The zero-order valence-electron chi connectivity index (χ0n) is 10.0. The fourth-order valence-corrected chi connectivity index (χ4v) is 1.70. The normalized spacial score (nSPS) is 11.3. The van der Waals surface area contributed by atoms with Crippen molar-refractivity contribution in [2.45, 2.75) is 27.2 Å². The molecule has 0 aliphatic rings. The predicted molar refractivity (Wildman–Crippen MR) is 61.0 cm³/mol. The molecule has 0 bridgehead atoms. The maximum absolute atomic E-state index is 11.0. The Kier molecular flexibility index (Phi) is 2.79. The smallest absolute Gasteiger partial charge is 0.354 e. The highest BCUT2D eigenvalue weighted by Gasteiger charge is 2.14. The van der Waals surface area contributed by atoms with Gasteiger partial charge in [0.15, 0.2) is 5.69 Å². The van der Waals surface area contributed by atoms with E-state index < -0.39 is 5.97 Å². The van der Waals surface area contributed by atoms with Crippen LogP contribution in [0.25, 0.3) is 5.78 Å². The summed E-state index contributed by atoms with van der Waals surface area (Å²) in [7, 11) is 0. The summed E-state index contributed by atoms with van der Waals surface area (Å²) < 4.78 is 1.61. The quantitative estimate of drug-likeness (QED) is 0.866. The van der Waals surface area contributed by atoms with Crippen molar-refractivity contribution >= 4 is 11.7 Å². The number of carboxylic acid groups (broad SMARTS) is 1. The molecule has 0 fully saturated rings. The first kappa shape index (κ1) is 11.5. The standard InChI is InChI=1S/C11H14N4O2/c1-6(2)4-8-5-9(10(16)17)13-11-12-7(3)14-15(8)11/h5-6H,4H2,1-3H3,(H,16,17). The molecule has 90 valence electrons. The SMILES string of the molecule is Cc1nc2nc(C(=O)O)cc(CC(C)C)n2n1. The summed E-state index contributed by atoms with van der Waals surface area (Å²) in [5.41, 5.74) is 0.837. The van der Waals surface area contributed by atoms with Crippen LogP contribution >= 0.6 is 0 Å². The second-order valence-corrected chi connectivity index (χ2v) is 4.41. The first-order valence-electron chi connectivity index (χ1n) is 5.44. The van der Waals surface area contributed by atoms with Crippen molar-refractivity contribution in [3.63, 3.8) is 0 Å². The first-order chi connectivity index (χ1) is 7.97. The molecule has 0 saturated heterocycles.